The third-order valence-electron chi connectivity index (χ3n) is 6.28. The molecule has 7 heteroatoms. The van der Waals surface area contributed by atoms with E-state index in [0.29, 0.717) is 56.0 Å². The Labute approximate surface area is 203 Å². The summed E-state index contributed by atoms with van der Waals surface area (Å²) < 4.78 is 39.4. The van der Waals surface area contributed by atoms with Gasteiger partial charge in [0.05, 0.1) is 13.2 Å². The van der Waals surface area contributed by atoms with Gasteiger partial charge in [-0.3, -0.25) is 4.79 Å². The van der Waals surface area contributed by atoms with Crippen LogP contribution in [0.5, 0.6) is 11.5 Å². The Kier molecular flexibility index (Phi) is 10.1. The summed E-state index contributed by atoms with van der Waals surface area (Å²) in [7, 11) is 3.53. The Hall–Kier alpha value is -2.41. The number of allylic oxidation sites excluding steroid dienone is 3. The van der Waals surface area contributed by atoms with E-state index in [1.807, 2.05) is 39.6 Å². The lowest BCUT2D eigenvalue weighted by Gasteiger charge is -2.29. The molecule has 0 saturated heterocycles. The minimum absolute atomic E-state index is 0.0101. The Morgan fingerprint density at radius 2 is 1.82 bits per heavy atom. The van der Waals surface area contributed by atoms with Crippen molar-refractivity contribution in [2.75, 3.05) is 33.8 Å². The fraction of sp³-hybridized carbons (Fsp3) is 0.593. The fourth-order valence-corrected chi connectivity index (χ4v) is 3.82. The zero-order valence-corrected chi connectivity index (χ0v) is 21.7. The van der Waals surface area contributed by atoms with E-state index in [-0.39, 0.29) is 23.6 Å². The molecule has 0 radical (unpaired) electrons. The lowest BCUT2D eigenvalue weighted by atomic mass is 10.00. The van der Waals surface area contributed by atoms with Crippen molar-refractivity contribution >= 4 is 5.91 Å². The summed E-state index contributed by atoms with van der Waals surface area (Å²) in [5.41, 5.74) is 1.64. The summed E-state index contributed by atoms with van der Waals surface area (Å²) in [6.07, 6.45) is 4.89. The molecule has 34 heavy (non-hydrogen) atoms. The van der Waals surface area contributed by atoms with Gasteiger partial charge in [-0.1, -0.05) is 17.7 Å². The molecule has 0 N–H and O–H groups in total. The number of rotatable bonds is 5. The topological polar surface area (TPSA) is 42.0 Å². The van der Waals surface area contributed by atoms with E-state index in [2.05, 4.69) is 4.90 Å². The van der Waals surface area contributed by atoms with Gasteiger partial charge in [-0.25, -0.2) is 8.78 Å². The highest BCUT2D eigenvalue weighted by molar-refractivity contribution is 5.95. The Balaban J connectivity index is 2.30. The quantitative estimate of drug-likeness (QED) is 0.524. The van der Waals surface area contributed by atoms with Crippen LogP contribution in [0.1, 0.15) is 64.2 Å². The molecule has 0 fully saturated rings. The minimum Gasteiger partial charge on any atom is -0.493 e. The van der Waals surface area contributed by atoms with Gasteiger partial charge in [0.15, 0.2) is 11.5 Å². The van der Waals surface area contributed by atoms with Crippen LogP contribution >= 0.6 is 0 Å². The standard InChI is InChI=1S/C27H40F2N2O3/c1-19(2)34-24-13-10-22(18-25(24)33-7)26(32)31-15-14-20(3)8-11-23(27(5,28)29)12-9-21(4)30(6)16-17-31/h8,10-11,13,18-19,21H,9,12,14-17H2,1-7H3/b20-8+,23-11+/t21-/m0/s1. The molecule has 1 amide bonds. The first-order valence-corrected chi connectivity index (χ1v) is 12.0. The number of hydrogen-bond donors (Lipinski definition) is 0. The third kappa shape index (κ3) is 8.12. The number of ether oxygens (including phenoxy) is 2. The molecular weight excluding hydrogens is 438 g/mol. The number of alkyl halides is 2. The van der Waals surface area contributed by atoms with Gasteiger partial charge in [0.1, 0.15) is 0 Å². The molecule has 0 saturated carbocycles. The zero-order chi connectivity index (χ0) is 25.5. The largest absolute Gasteiger partial charge is 0.493 e. The smallest absolute Gasteiger partial charge is 0.266 e. The molecule has 2 rings (SSSR count). The van der Waals surface area contributed by atoms with Gasteiger partial charge < -0.3 is 19.3 Å². The fourth-order valence-electron chi connectivity index (χ4n) is 3.82. The van der Waals surface area contributed by atoms with Crippen molar-refractivity contribution < 1.29 is 23.0 Å². The zero-order valence-electron chi connectivity index (χ0n) is 21.7. The van der Waals surface area contributed by atoms with Gasteiger partial charge in [-0.15, -0.1) is 0 Å². The highest BCUT2D eigenvalue weighted by atomic mass is 19.3. The molecule has 0 aromatic heterocycles. The van der Waals surface area contributed by atoms with Crippen LogP contribution in [-0.4, -0.2) is 67.6 Å². The summed E-state index contributed by atoms with van der Waals surface area (Å²) in [5.74, 6) is -1.82. The lowest BCUT2D eigenvalue weighted by Crippen LogP contribution is -2.40. The van der Waals surface area contributed by atoms with Crippen molar-refractivity contribution in [3.05, 3.63) is 47.1 Å². The van der Waals surface area contributed by atoms with E-state index in [1.165, 1.54) is 0 Å². The Bertz CT molecular complexity index is 890. The van der Waals surface area contributed by atoms with Crippen molar-refractivity contribution in [1.82, 2.24) is 9.80 Å². The molecule has 0 aliphatic carbocycles. The number of amides is 1. The van der Waals surface area contributed by atoms with Gasteiger partial charge in [0.2, 0.25) is 0 Å². The average Bonchev–Trinajstić information content (AvgIpc) is 2.77. The molecule has 0 unspecified atom stereocenters. The van der Waals surface area contributed by atoms with Crippen LogP contribution < -0.4 is 9.47 Å². The second-order valence-electron chi connectivity index (χ2n) is 9.54. The summed E-state index contributed by atoms with van der Waals surface area (Å²) in [6.45, 7) is 10.5. The number of hydrogen-bond acceptors (Lipinski definition) is 4. The molecule has 1 heterocycles. The average molecular weight is 479 g/mol. The molecule has 0 spiro atoms. The van der Waals surface area contributed by atoms with E-state index in [9.17, 15) is 13.6 Å². The summed E-state index contributed by atoms with van der Waals surface area (Å²) in [4.78, 5) is 17.4. The normalized spacial score (nSPS) is 22.5. The van der Waals surface area contributed by atoms with Crippen LogP contribution in [0.2, 0.25) is 0 Å². The number of halogens is 2. The van der Waals surface area contributed by atoms with Crippen LogP contribution in [0.15, 0.2) is 41.5 Å². The van der Waals surface area contributed by atoms with Crippen molar-refractivity contribution in [2.45, 2.75) is 71.9 Å². The Morgan fingerprint density at radius 1 is 1.12 bits per heavy atom. The number of carbonyl (C=O) groups is 1. The summed E-state index contributed by atoms with van der Waals surface area (Å²) in [5, 5.41) is 0. The maximum absolute atomic E-state index is 14.1. The van der Waals surface area contributed by atoms with Crippen molar-refractivity contribution in [2.24, 2.45) is 0 Å². The predicted octanol–water partition coefficient (Wildman–Crippen LogP) is 5.96. The molecule has 1 aromatic carbocycles. The number of carbonyl (C=O) groups excluding carboxylic acids is 1. The van der Waals surface area contributed by atoms with Gasteiger partial charge in [-0.2, -0.15) is 0 Å². The monoisotopic (exact) mass is 478 g/mol. The molecule has 0 bridgehead atoms. The first-order valence-electron chi connectivity index (χ1n) is 12.0. The first-order chi connectivity index (χ1) is 15.9. The van der Waals surface area contributed by atoms with Crippen molar-refractivity contribution in [3.8, 4) is 11.5 Å². The molecule has 1 atom stereocenters. The molecule has 5 nitrogen and oxygen atoms in total. The van der Waals surface area contributed by atoms with Crippen LogP contribution in [0.4, 0.5) is 8.78 Å². The first kappa shape index (κ1) is 27.8. The molecule has 1 aliphatic heterocycles. The van der Waals surface area contributed by atoms with Crippen LogP contribution in [0.3, 0.4) is 0 Å². The van der Waals surface area contributed by atoms with Crippen LogP contribution in [-0.2, 0) is 0 Å². The second-order valence-corrected chi connectivity index (χ2v) is 9.54. The predicted molar refractivity (Wildman–Crippen MR) is 133 cm³/mol. The highest BCUT2D eigenvalue weighted by Crippen LogP contribution is 2.30. The Morgan fingerprint density at radius 3 is 2.44 bits per heavy atom. The third-order valence-corrected chi connectivity index (χ3v) is 6.28. The van der Waals surface area contributed by atoms with E-state index in [1.54, 1.807) is 37.5 Å². The molecule has 190 valence electrons. The number of likely N-dealkylation sites (N-methyl/N-ethyl adjacent to an activating group) is 1. The van der Waals surface area contributed by atoms with Gasteiger partial charge in [0, 0.05) is 38.2 Å². The number of nitrogens with zero attached hydrogens (tertiary/aromatic N) is 2. The van der Waals surface area contributed by atoms with Gasteiger partial charge in [0.25, 0.3) is 11.8 Å². The number of methoxy groups -OCH3 is 1. The van der Waals surface area contributed by atoms with E-state index in [4.69, 9.17) is 9.47 Å². The van der Waals surface area contributed by atoms with E-state index in [0.717, 1.165) is 12.5 Å². The van der Waals surface area contributed by atoms with Gasteiger partial charge in [-0.05, 0) is 77.8 Å². The van der Waals surface area contributed by atoms with Gasteiger partial charge >= 0.3 is 0 Å². The van der Waals surface area contributed by atoms with E-state index >= 15 is 0 Å². The minimum atomic E-state index is -2.85. The van der Waals surface area contributed by atoms with Crippen LogP contribution in [0, 0.1) is 0 Å². The number of benzene rings is 1. The maximum Gasteiger partial charge on any atom is 0.266 e. The maximum atomic E-state index is 14.1. The van der Waals surface area contributed by atoms with E-state index < -0.39 is 5.92 Å². The second kappa shape index (κ2) is 12.3. The van der Waals surface area contributed by atoms with Crippen LogP contribution in [0.25, 0.3) is 0 Å². The molecule has 1 aromatic rings. The van der Waals surface area contributed by atoms with Crippen molar-refractivity contribution in [1.29, 1.82) is 0 Å². The molecular formula is C27H40F2N2O3. The lowest BCUT2D eigenvalue weighted by molar-refractivity contribution is 0.0576. The SMILES string of the molecule is COc1cc(C(=O)N2CC/C(C)=C/C=C(/C(C)(F)F)CC[C@H](C)N(C)CC2)ccc1OC(C)C. The van der Waals surface area contributed by atoms with Crippen molar-refractivity contribution in [3.63, 3.8) is 0 Å². The summed E-state index contributed by atoms with van der Waals surface area (Å²) in [6, 6.07) is 5.36. The highest BCUT2D eigenvalue weighted by Gasteiger charge is 2.28. The molecule has 1 aliphatic rings. The summed E-state index contributed by atoms with van der Waals surface area (Å²) >= 11 is 0.